The van der Waals surface area contributed by atoms with E-state index in [-0.39, 0.29) is 17.5 Å². The zero-order valence-corrected chi connectivity index (χ0v) is 13.0. The van der Waals surface area contributed by atoms with Crippen LogP contribution in [0.5, 0.6) is 0 Å². The topological polar surface area (TPSA) is 58.4 Å². The van der Waals surface area contributed by atoms with Crippen molar-refractivity contribution in [1.82, 2.24) is 10.2 Å². The maximum atomic E-state index is 12.0. The summed E-state index contributed by atoms with van der Waals surface area (Å²) in [5.41, 5.74) is 5.92. The van der Waals surface area contributed by atoms with Gasteiger partial charge < -0.3 is 11.1 Å². The van der Waals surface area contributed by atoms with Crippen LogP contribution >= 0.6 is 0 Å². The zero-order valence-electron chi connectivity index (χ0n) is 13.0. The number of hydrogen-bond donors (Lipinski definition) is 2. The van der Waals surface area contributed by atoms with Crippen LogP contribution in [0.3, 0.4) is 0 Å². The van der Waals surface area contributed by atoms with Crippen molar-refractivity contribution in [2.45, 2.75) is 65.0 Å². The minimum absolute atomic E-state index is 0.0150. The second kappa shape index (κ2) is 7.25. The molecule has 1 amide bonds. The van der Waals surface area contributed by atoms with E-state index in [1.165, 1.54) is 19.3 Å². The Kier molecular flexibility index (Phi) is 6.27. The quantitative estimate of drug-likeness (QED) is 0.772. The van der Waals surface area contributed by atoms with Gasteiger partial charge in [-0.15, -0.1) is 0 Å². The first-order valence-corrected chi connectivity index (χ1v) is 7.61. The van der Waals surface area contributed by atoms with Crippen LogP contribution in [0.15, 0.2) is 0 Å². The average Bonchev–Trinajstić information content (AvgIpc) is 2.36. The molecule has 1 fully saturated rings. The second-order valence-electron chi connectivity index (χ2n) is 6.81. The second-order valence-corrected chi connectivity index (χ2v) is 6.81. The van der Waals surface area contributed by atoms with Crippen LogP contribution in [0.2, 0.25) is 0 Å². The highest BCUT2D eigenvalue weighted by atomic mass is 16.2. The van der Waals surface area contributed by atoms with Crippen LogP contribution < -0.4 is 11.1 Å². The van der Waals surface area contributed by atoms with Gasteiger partial charge in [0.2, 0.25) is 5.91 Å². The van der Waals surface area contributed by atoms with E-state index in [9.17, 15) is 4.79 Å². The average molecular weight is 269 g/mol. The van der Waals surface area contributed by atoms with Crippen LogP contribution in [0, 0.1) is 5.92 Å². The predicted octanol–water partition coefficient (Wildman–Crippen LogP) is 1.74. The number of hydrogen-bond acceptors (Lipinski definition) is 3. The fourth-order valence-corrected chi connectivity index (χ4v) is 2.66. The van der Waals surface area contributed by atoms with E-state index in [0.717, 1.165) is 19.5 Å². The summed E-state index contributed by atoms with van der Waals surface area (Å²) in [7, 11) is 0. The Bertz CT molecular complexity index is 283. The first-order valence-electron chi connectivity index (χ1n) is 7.61. The summed E-state index contributed by atoms with van der Waals surface area (Å²) in [5, 5.41) is 3.02. The van der Waals surface area contributed by atoms with Crippen LogP contribution in [0.1, 0.15) is 53.4 Å². The molecule has 1 aliphatic rings. The third-order valence-corrected chi connectivity index (χ3v) is 3.97. The third-order valence-electron chi connectivity index (χ3n) is 3.97. The van der Waals surface area contributed by atoms with E-state index in [2.05, 4.69) is 37.9 Å². The molecule has 1 atom stereocenters. The highest BCUT2D eigenvalue weighted by Gasteiger charge is 2.28. The number of carbonyl (C=O) groups is 1. The monoisotopic (exact) mass is 269 g/mol. The number of piperidine rings is 1. The lowest BCUT2D eigenvalue weighted by atomic mass is 9.98. The SMILES string of the molecule is CC(C)C[C@H](N)C(=O)NCC(C)(C)N1CCCCC1. The van der Waals surface area contributed by atoms with Gasteiger partial charge in [-0.2, -0.15) is 0 Å². The van der Waals surface area contributed by atoms with Gasteiger partial charge >= 0.3 is 0 Å². The molecule has 0 aliphatic carbocycles. The molecule has 1 aliphatic heterocycles. The number of amides is 1. The molecule has 0 aromatic carbocycles. The van der Waals surface area contributed by atoms with Gasteiger partial charge in [0.1, 0.15) is 0 Å². The summed E-state index contributed by atoms with van der Waals surface area (Å²) >= 11 is 0. The summed E-state index contributed by atoms with van der Waals surface area (Å²) < 4.78 is 0. The minimum atomic E-state index is -0.378. The van der Waals surface area contributed by atoms with E-state index in [4.69, 9.17) is 5.73 Å². The molecule has 0 aromatic rings. The Morgan fingerprint density at radius 2 is 1.84 bits per heavy atom. The lowest BCUT2D eigenvalue weighted by molar-refractivity contribution is -0.123. The van der Waals surface area contributed by atoms with Crippen LogP contribution in [-0.2, 0) is 4.79 Å². The molecule has 1 heterocycles. The molecule has 0 unspecified atom stereocenters. The van der Waals surface area contributed by atoms with Gasteiger partial charge in [0.25, 0.3) is 0 Å². The highest BCUT2D eigenvalue weighted by Crippen LogP contribution is 2.19. The summed E-state index contributed by atoms with van der Waals surface area (Å²) in [5.74, 6) is 0.439. The summed E-state index contributed by atoms with van der Waals surface area (Å²) in [6.07, 6.45) is 4.61. The normalized spacial score (nSPS) is 19.5. The fraction of sp³-hybridized carbons (Fsp3) is 0.933. The van der Waals surface area contributed by atoms with Crippen molar-refractivity contribution in [1.29, 1.82) is 0 Å². The number of rotatable bonds is 6. The Morgan fingerprint density at radius 1 is 1.26 bits per heavy atom. The number of carbonyl (C=O) groups excluding carboxylic acids is 1. The van der Waals surface area contributed by atoms with Crippen molar-refractivity contribution in [2.75, 3.05) is 19.6 Å². The highest BCUT2D eigenvalue weighted by molar-refractivity contribution is 5.81. The zero-order chi connectivity index (χ0) is 14.5. The van der Waals surface area contributed by atoms with E-state index in [0.29, 0.717) is 12.5 Å². The molecule has 0 aromatic heterocycles. The number of likely N-dealkylation sites (tertiary alicyclic amines) is 1. The number of nitrogens with one attached hydrogen (secondary N) is 1. The van der Waals surface area contributed by atoms with Crippen molar-refractivity contribution in [3.05, 3.63) is 0 Å². The van der Waals surface area contributed by atoms with Gasteiger partial charge in [-0.05, 0) is 52.1 Å². The Hall–Kier alpha value is -0.610. The van der Waals surface area contributed by atoms with E-state index in [1.807, 2.05) is 0 Å². The van der Waals surface area contributed by atoms with Crippen LogP contribution in [0.25, 0.3) is 0 Å². The van der Waals surface area contributed by atoms with Crippen molar-refractivity contribution in [3.8, 4) is 0 Å². The lowest BCUT2D eigenvalue weighted by Crippen LogP contribution is -2.55. The summed E-state index contributed by atoms with van der Waals surface area (Å²) in [6.45, 7) is 11.5. The Labute approximate surface area is 118 Å². The van der Waals surface area contributed by atoms with E-state index < -0.39 is 0 Å². The first kappa shape index (κ1) is 16.4. The standard InChI is InChI=1S/C15H31N3O/c1-12(2)10-13(16)14(19)17-11-15(3,4)18-8-6-5-7-9-18/h12-13H,5-11,16H2,1-4H3,(H,17,19)/t13-/m0/s1. The largest absolute Gasteiger partial charge is 0.353 e. The Balaban J connectivity index is 2.39. The molecule has 3 N–H and O–H groups in total. The molecule has 19 heavy (non-hydrogen) atoms. The molecule has 0 spiro atoms. The van der Waals surface area contributed by atoms with Gasteiger partial charge in [0.15, 0.2) is 0 Å². The van der Waals surface area contributed by atoms with Gasteiger partial charge in [0, 0.05) is 12.1 Å². The molecule has 112 valence electrons. The summed E-state index contributed by atoms with van der Waals surface area (Å²) in [4.78, 5) is 14.4. The maximum absolute atomic E-state index is 12.0. The third kappa shape index (κ3) is 5.49. The molecular weight excluding hydrogens is 238 g/mol. The number of nitrogens with zero attached hydrogens (tertiary/aromatic N) is 1. The summed E-state index contributed by atoms with van der Waals surface area (Å²) in [6, 6.07) is -0.378. The molecule has 0 radical (unpaired) electrons. The Morgan fingerprint density at radius 3 is 2.37 bits per heavy atom. The predicted molar refractivity (Wildman–Crippen MR) is 79.9 cm³/mol. The van der Waals surface area contributed by atoms with Crippen molar-refractivity contribution in [3.63, 3.8) is 0 Å². The number of nitrogens with two attached hydrogens (primary N) is 1. The maximum Gasteiger partial charge on any atom is 0.236 e. The van der Waals surface area contributed by atoms with Crippen molar-refractivity contribution in [2.24, 2.45) is 11.7 Å². The van der Waals surface area contributed by atoms with E-state index in [1.54, 1.807) is 0 Å². The van der Waals surface area contributed by atoms with Crippen molar-refractivity contribution >= 4 is 5.91 Å². The van der Waals surface area contributed by atoms with Gasteiger partial charge in [0.05, 0.1) is 6.04 Å². The minimum Gasteiger partial charge on any atom is -0.353 e. The molecular formula is C15H31N3O. The van der Waals surface area contributed by atoms with Crippen molar-refractivity contribution < 1.29 is 4.79 Å². The van der Waals surface area contributed by atoms with E-state index >= 15 is 0 Å². The molecule has 0 saturated carbocycles. The lowest BCUT2D eigenvalue weighted by Gasteiger charge is -2.41. The van der Waals surface area contributed by atoms with Gasteiger partial charge in [-0.1, -0.05) is 20.3 Å². The van der Waals surface area contributed by atoms with Gasteiger partial charge in [-0.25, -0.2) is 0 Å². The van der Waals surface area contributed by atoms with Gasteiger partial charge in [-0.3, -0.25) is 9.69 Å². The molecule has 4 heteroatoms. The first-order chi connectivity index (χ1) is 8.83. The van der Waals surface area contributed by atoms with Crippen LogP contribution in [0.4, 0.5) is 0 Å². The smallest absolute Gasteiger partial charge is 0.236 e. The van der Waals surface area contributed by atoms with Crippen LogP contribution in [-0.4, -0.2) is 42.0 Å². The fourth-order valence-electron chi connectivity index (χ4n) is 2.66. The molecule has 4 nitrogen and oxygen atoms in total. The molecule has 1 saturated heterocycles. The molecule has 0 bridgehead atoms. The molecule has 1 rings (SSSR count).